The molecule has 0 bridgehead atoms. The molecule has 0 atom stereocenters. The van der Waals surface area contributed by atoms with Gasteiger partial charge in [-0.3, -0.25) is 14.4 Å². The molecule has 0 saturated carbocycles. The van der Waals surface area contributed by atoms with Gasteiger partial charge in [0.25, 0.3) is 17.7 Å². The predicted molar refractivity (Wildman–Crippen MR) is 139 cm³/mol. The van der Waals surface area contributed by atoms with Crippen LogP contribution in [0.2, 0.25) is 0 Å². The number of anilines is 2. The standard InChI is InChI=1S/C29H18N2O8/c32-25(16-6-12-21-23(14-16)27(34)31(26(21)33)18-4-2-1-3-5-18)30-17-7-9-19(10-8-17)39-20-11-13-22(28(35)36)24(15-20)29(37)38/h1-15H,(H,30,32)(H,35,36)(H,37,38). The predicted octanol–water partition coefficient (Wildman–Crippen LogP) is 4.93. The molecule has 10 nitrogen and oxygen atoms in total. The Bertz CT molecular complexity index is 1660. The normalized spacial score (nSPS) is 12.2. The molecular weight excluding hydrogens is 504 g/mol. The molecule has 10 heteroatoms. The van der Waals surface area contributed by atoms with Crippen LogP contribution in [0.4, 0.5) is 11.4 Å². The smallest absolute Gasteiger partial charge is 0.336 e. The van der Waals surface area contributed by atoms with E-state index in [4.69, 9.17) is 9.84 Å². The summed E-state index contributed by atoms with van der Waals surface area (Å²) in [4.78, 5) is 62.2. The molecule has 0 aromatic heterocycles. The lowest BCUT2D eigenvalue weighted by molar-refractivity contribution is 0.0651. The first kappa shape index (κ1) is 24.9. The van der Waals surface area contributed by atoms with Crippen LogP contribution in [0.3, 0.4) is 0 Å². The third-order valence-electron chi connectivity index (χ3n) is 5.96. The van der Waals surface area contributed by atoms with Gasteiger partial charge in [-0.1, -0.05) is 18.2 Å². The van der Waals surface area contributed by atoms with Gasteiger partial charge in [0.05, 0.1) is 27.9 Å². The zero-order valence-electron chi connectivity index (χ0n) is 20.0. The van der Waals surface area contributed by atoms with E-state index in [0.29, 0.717) is 17.1 Å². The van der Waals surface area contributed by atoms with Crippen molar-refractivity contribution in [2.75, 3.05) is 10.2 Å². The molecule has 0 spiro atoms. The summed E-state index contributed by atoms with van der Waals surface area (Å²) >= 11 is 0. The van der Waals surface area contributed by atoms with Gasteiger partial charge in [-0.05, 0) is 72.8 Å². The maximum absolute atomic E-state index is 12.9. The zero-order valence-corrected chi connectivity index (χ0v) is 20.0. The largest absolute Gasteiger partial charge is 0.478 e. The van der Waals surface area contributed by atoms with E-state index < -0.39 is 35.2 Å². The molecule has 4 aromatic carbocycles. The van der Waals surface area contributed by atoms with Gasteiger partial charge >= 0.3 is 11.9 Å². The molecule has 0 aliphatic carbocycles. The Morgan fingerprint density at radius 2 is 1.31 bits per heavy atom. The number of aromatic carboxylic acids is 2. The maximum Gasteiger partial charge on any atom is 0.336 e. The number of benzene rings is 4. The van der Waals surface area contributed by atoms with Crippen molar-refractivity contribution < 1.29 is 38.9 Å². The van der Waals surface area contributed by atoms with Crippen LogP contribution in [0.5, 0.6) is 11.5 Å². The van der Waals surface area contributed by atoms with E-state index in [9.17, 15) is 29.1 Å². The van der Waals surface area contributed by atoms with Crippen LogP contribution in [-0.2, 0) is 0 Å². The molecule has 192 valence electrons. The number of ether oxygens (including phenoxy) is 1. The second-order valence-corrected chi connectivity index (χ2v) is 8.44. The monoisotopic (exact) mass is 522 g/mol. The number of hydrogen-bond donors (Lipinski definition) is 3. The van der Waals surface area contributed by atoms with Crippen molar-refractivity contribution in [3.05, 3.63) is 119 Å². The molecule has 1 aliphatic rings. The quantitative estimate of drug-likeness (QED) is 0.289. The first-order valence-corrected chi connectivity index (χ1v) is 11.5. The lowest BCUT2D eigenvalue weighted by atomic mass is 10.1. The minimum atomic E-state index is -1.40. The summed E-state index contributed by atoms with van der Waals surface area (Å²) in [5.74, 6) is -3.81. The van der Waals surface area contributed by atoms with Crippen LogP contribution < -0.4 is 15.0 Å². The van der Waals surface area contributed by atoms with Gasteiger partial charge < -0.3 is 20.3 Å². The van der Waals surface area contributed by atoms with Gasteiger partial charge in [-0.2, -0.15) is 0 Å². The van der Waals surface area contributed by atoms with Crippen LogP contribution >= 0.6 is 0 Å². The van der Waals surface area contributed by atoms with Crippen LogP contribution in [0.15, 0.2) is 91.0 Å². The first-order valence-electron chi connectivity index (χ1n) is 11.5. The minimum Gasteiger partial charge on any atom is -0.478 e. The summed E-state index contributed by atoms with van der Waals surface area (Å²) in [6, 6.07) is 22.6. The highest BCUT2D eigenvalue weighted by Gasteiger charge is 2.37. The Kier molecular flexibility index (Phi) is 6.35. The number of carbonyl (C=O) groups excluding carboxylic acids is 3. The minimum absolute atomic E-state index is 0.121. The average Bonchev–Trinajstić information content (AvgIpc) is 3.19. The van der Waals surface area contributed by atoms with E-state index in [1.165, 1.54) is 36.4 Å². The van der Waals surface area contributed by atoms with Crippen LogP contribution in [0.1, 0.15) is 51.8 Å². The van der Waals surface area contributed by atoms with E-state index in [2.05, 4.69) is 5.32 Å². The topological polar surface area (TPSA) is 150 Å². The van der Waals surface area contributed by atoms with Gasteiger partial charge in [0.2, 0.25) is 0 Å². The molecule has 0 saturated heterocycles. The molecule has 5 rings (SSSR count). The lowest BCUT2D eigenvalue weighted by Gasteiger charge is -2.13. The molecular formula is C29H18N2O8. The van der Waals surface area contributed by atoms with E-state index in [1.807, 2.05) is 0 Å². The van der Waals surface area contributed by atoms with E-state index >= 15 is 0 Å². The number of nitrogens with zero attached hydrogens (tertiary/aromatic N) is 1. The zero-order chi connectivity index (χ0) is 27.7. The van der Waals surface area contributed by atoms with Crippen LogP contribution in [-0.4, -0.2) is 39.9 Å². The molecule has 0 unspecified atom stereocenters. The summed E-state index contributed by atoms with van der Waals surface area (Å²) in [5, 5.41) is 21.1. The molecule has 1 heterocycles. The fourth-order valence-corrected chi connectivity index (χ4v) is 4.09. The van der Waals surface area contributed by atoms with Crippen molar-refractivity contribution in [2.24, 2.45) is 0 Å². The summed E-state index contributed by atoms with van der Waals surface area (Å²) in [7, 11) is 0. The fraction of sp³-hybridized carbons (Fsp3) is 0. The lowest BCUT2D eigenvalue weighted by Crippen LogP contribution is -2.29. The van der Waals surface area contributed by atoms with E-state index in [-0.39, 0.29) is 28.0 Å². The number of imide groups is 1. The number of amides is 3. The van der Waals surface area contributed by atoms with Crippen molar-refractivity contribution in [1.82, 2.24) is 0 Å². The Hall–Kier alpha value is -5.77. The highest BCUT2D eigenvalue weighted by atomic mass is 16.5. The molecule has 3 amide bonds. The second-order valence-electron chi connectivity index (χ2n) is 8.44. The van der Waals surface area contributed by atoms with Gasteiger partial charge in [-0.15, -0.1) is 0 Å². The maximum atomic E-state index is 12.9. The van der Waals surface area contributed by atoms with Crippen molar-refractivity contribution in [2.45, 2.75) is 0 Å². The highest BCUT2D eigenvalue weighted by Crippen LogP contribution is 2.30. The van der Waals surface area contributed by atoms with E-state index in [0.717, 1.165) is 17.0 Å². The molecule has 0 fully saturated rings. The molecule has 3 N–H and O–H groups in total. The SMILES string of the molecule is O=C(Nc1ccc(Oc2ccc(C(=O)O)c(C(=O)O)c2)cc1)c1ccc2c(c1)C(=O)N(c1ccccc1)C2=O. The number of carboxylic acid groups (broad SMARTS) is 2. The molecule has 1 aliphatic heterocycles. The van der Waals surface area contributed by atoms with Crippen molar-refractivity contribution >= 4 is 41.0 Å². The van der Waals surface area contributed by atoms with E-state index in [1.54, 1.807) is 42.5 Å². The van der Waals surface area contributed by atoms with Crippen molar-refractivity contribution in [3.63, 3.8) is 0 Å². The Morgan fingerprint density at radius 3 is 1.97 bits per heavy atom. The Morgan fingerprint density at radius 1 is 0.667 bits per heavy atom. The van der Waals surface area contributed by atoms with Gasteiger partial charge in [0, 0.05) is 11.3 Å². The molecule has 39 heavy (non-hydrogen) atoms. The van der Waals surface area contributed by atoms with Crippen LogP contribution in [0.25, 0.3) is 0 Å². The molecule has 0 radical (unpaired) electrons. The number of hydrogen-bond acceptors (Lipinski definition) is 6. The number of rotatable bonds is 7. The summed E-state index contributed by atoms with van der Waals surface area (Å²) < 4.78 is 5.62. The third-order valence-corrected chi connectivity index (χ3v) is 5.96. The van der Waals surface area contributed by atoms with Gasteiger partial charge in [0.15, 0.2) is 0 Å². The molecule has 4 aromatic rings. The fourth-order valence-electron chi connectivity index (χ4n) is 4.09. The summed E-state index contributed by atoms with van der Waals surface area (Å²) in [6.45, 7) is 0. The first-order chi connectivity index (χ1) is 18.7. The second kappa shape index (κ2) is 9.94. The Labute approximate surface area is 220 Å². The van der Waals surface area contributed by atoms with Crippen molar-refractivity contribution in [1.29, 1.82) is 0 Å². The van der Waals surface area contributed by atoms with Crippen LogP contribution in [0, 0.1) is 0 Å². The summed E-state index contributed by atoms with van der Waals surface area (Å²) in [5.41, 5.74) is 0.607. The number of nitrogens with one attached hydrogen (secondary N) is 1. The Balaban J connectivity index is 1.29. The number of fused-ring (bicyclic) bond motifs is 1. The number of carbonyl (C=O) groups is 5. The third kappa shape index (κ3) is 4.81. The highest BCUT2D eigenvalue weighted by molar-refractivity contribution is 6.34. The average molecular weight is 522 g/mol. The summed E-state index contributed by atoms with van der Waals surface area (Å²) in [6.07, 6.45) is 0. The van der Waals surface area contributed by atoms with Gasteiger partial charge in [-0.25, -0.2) is 14.5 Å². The van der Waals surface area contributed by atoms with Gasteiger partial charge in [0.1, 0.15) is 11.5 Å². The number of carboxylic acids is 2. The number of para-hydroxylation sites is 1. The van der Waals surface area contributed by atoms with Crippen molar-refractivity contribution in [3.8, 4) is 11.5 Å².